The minimum atomic E-state index is -0.708. The Kier molecular flexibility index (Phi) is 6.37. The van der Waals surface area contributed by atoms with Crippen molar-refractivity contribution in [2.24, 2.45) is 4.99 Å². The molecule has 1 N–H and O–H groups in total. The standard InChI is InChI=1S/C23H18BrClN2O4S/c1-3-31-22(30)19-12(2)26-23-27(20(19)13-4-7-16(25)8-5-13)21(29)18(32-23)11-14-10-15(24)6-9-17(14)28/h4-11,20,28H,3H2,1-2H3. The highest BCUT2D eigenvalue weighted by Gasteiger charge is 2.33. The number of phenolic OH excluding ortho intramolecular Hbond substituents is 1. The van der Waals surface area contributed by atoms with E-state index in [1.54, 1.807) is 62.4 Å². The van der Waals surface area contributed by atoms with E-state index >= 15 is 0 Å². The van der Waals surface area contributed by atoms with Gasteiger partial charge in [0.05, 0.1) is 28.5 Å². The Balaban J connectivity index is 1.97. The van der Waals surface area contributed by atoms with E-state index in [4.69, 9.17) is 16.3 Å². The number of ether oxygens (including phenoxy) is 1. The summed E-state index contributed by atoms with van der Waals surface area (Å²) >= 11 is 10.6. The van der Waals surface area contributed by atoms with Crippen LogP contribution in [0.4, 0.5) is 0 Å². The monoisotopic (exact) mass is 532 g/mol. The first kappa shape index (κ1) is 22.5. The molecule has 1 aliphatic rings. The maximum atomic E-state index is 13.5. The van der Waals surface area contributed by atoms with E-state index in [0.29, 0.717) is 36.8 Å². The predicted octanol–water partition coefficient (Wildman–Crippen LogP) is 3.92. The van der Waals surface area contributed by atoms with Crippen LogP contribution in [0.1, 0.15) is 31.0 Å². The van der Waals surface area contributed by atoms with Crippen molar-refractivity contribution in [2.45, 2.75) is 19.9 Å². The Hall–Kier alpha value is -2.68. The molecule has 9 heteroatoms. The van der Waals surface area contributed by atoms with Gasteiger partial charge in [0.15, 0.2) is 4.80 Å². The van der Waals surface area contributed by atoms with Crippen molar-refractivity contribution in [2.75, 3.05) is 6.61 Å². The van der Waals surface area contributed by atoms with Crippen LogP contribution in [0.15, 0.2) is 68.0 Å². The normalized spacial score (nSPS) is 16.0. The Morgan fingerprint density at radius 3 is 2.72 bits per heavy atom. The van der Waals surface area contributed by atoms with Crippen LogP contribution in [0.5, 0.6) is 5.75 Å². The first-order chi connectivity index (χ1) is 15.3. The molecule has 0 aliphatic carbocycles. The third-order valence-electron chi connectivity index (χ3n) is 4.98. The number of fused-ring (bicyclic) bond motifs is 1. The molecule has 0 radical (unpaired) electrons. The van der Waals surface area contributed by atoms with E-state index in [0.717, 1.165) is 4.47 Å². The van der Waals surface area contributed by atoms with E-state index < -0.39 is 12.0 Å². The van der Waals surface area contributed by atoms with Crippen LogP contribution in [-0.4, -0.2) is 22.2 Å². The summed E-state index contributed by atoms with van der Waals surface area (Å²) in [5.41, 5.74) is 1.68. The van der Waals surface area contributed by atoms with Crippen molar-refractivity contribution >= 4 is 50.9 Å². The van der Waals surface area contributed by atoms with Gasteiger partial charge in [-0.3, -0.25) is 9.36 Å². The molecule has 0 spiro atoms. The lowest BCUT2D eigenvalue weighted by molar-refractivity contribution is -0.139. The molecule has 2 aromatic carbocycles. The maximum Gasteiger partial charge on any atom is 0.338 e. The van der Waals surface area contributed by atoms with Crippen LogP contribution in [0.25, 0.3) is 6.08 Å². The number of halogens is 2. The predicted molar refractivity (Wildman–Crippen MR) is 128 cm³/mol. The second-order valence-corrected chi connectivity index (χ2v) is 9.42. The summed E-state index contributed by atoms with van der Waals surface area (Å²) in [6, 6.07) is 11.3. The lowest BCUT2D eigenvalue weighted by Gasteiger charge is -2.24. The largest absolute Gasteiger partial charge is 0.507 e. The molecule has 0 bridgehead atoms. The topological polar surface area (TPSA) is 80.9 Å². The highest BCUT2D eigenvalue weighted by molar-refractivity contribution is 9.10. The van der Waals surface area contributed by atoms with Gasteiger partial charge in [-0.15, -0.1) is 0 Å². The van der Waals surface area contributed by atoms with Crippen LogP contribution < -0.4 is 14.9 Å². The number of carbonyl (C=O) groups is 1. The van der Waals surface area contributed by atoms with Crippen molar-refractivity contribution in [3.63, 3.8) is 0 Å². The van der Waals surface area contributed by atoms with E-state index in [9.17, 15) is 14.7 Å². The van der Waals surface area contributed by atoms with E-state index in [1.807, 2.05) is 0 Å². The number of esters is 1. The van der Waals surface area contributed by atoms with Gasteiger partial charge in [-0.25, -0.2) is 9.79 Å². The first-order valence-corrected chi connectivity index (χ1v) is 11.7. The van der Waals surface area contributed by atoms with Gasteiger partial charge in [0, 0.05) is 15.1 Å². The lowest BCUT2D eigenvalue weighted by atomic mass is 9.96. The number of allylic oxidation sites excluding steroid dienone is 1. The number of carbonyl (C=O) groups excluding carboxylic acids is 1. The number of hydrogen-bond acceptors (Lipinski definition) is 6. The molecule has 6 nitrogen and oxygen atoms in total. The molecule has 0 saturated carbocycles. The van der Waals surface area contributed by atoms with Crippen LogP contribution in [0, 0.1) is 0 Å². The molecule has 164 valence electrons. The minimum Gasteiger partial charge on any atom is -0.507 e. The second kappa shape index (κ2) is 9.05. The Morgan fingerprint density at radius 2 is 2.03 bits per heavy atom. The zero-order valence-corrected chi connectivity index (χ0v) is 20.3. The molecule has 32 heavy (non-hydrogen) atoms. The molecule has 1 unspecified atom stereocenters. The lowest BCUT2D eigenvalue weighted by Crippen LogP contribution is -2.39. The average Bonchev–Trinajstić information content (AvgIpc) is 3.05. The molecular formula is C23H18BrClN2O4S. The number of phenols is 1. The smallest absolute Gasteiger partial charge is 0.338 e. The maximum absolute atomic E-state index is 13.5. The Morgan fingerprint density at radius 1 is 1.31 bits per heavy atom. The summed E-state index contributed by atoms with van der Waals surface area (Å²) in [5.74, 6) is -0.468. The van der Waals surface area contributed by atoms with Crippen LogP contribution in [0.3, 0.4) is 0 Å². The zero-order valence-electron chi connectivity index (χ0n) is 17.1. The zero-order chi connectivity index (χ0) is 23.0. The number of aromatic hydroxyl groups is 1. The van der Waals surface area contributed by atoms with E-state index in [-0.39, 0.29) is 17.9 Å². The van der Waals surface area contributed by atoms with Gasteiger partial charge in [-0.05, 0) is 55.8 Å². The van der Waals surface area contributed by atoms with E-state index in [1.165, 1.54) is 15.9 Å². The highest BCUT2D eigenvalue weighted by atomic mass is 79.9. The fraction of sp³-hybridized carbons (Fsp3) is 0.174. The van der Waals surface area contributed by atoms with Gasteiger partial charge >= 0.3 is 5.97 Å². The van der Waals surface area contributed by atoms with Gasteiger partial charge < -0.3 is 9.84 Å². The van der Waals surface area contributed by atoms with Gasteiger partial charge in [-0.1, -0.05) is 51.0 Å². The van der Waals surface area contributed by atoms with Crippen LogP contribution in [-0.2, 0) is 9.53 Å². The number of rotatable bonds is 4. The molecule has 3 aromatic rings. The van der Waals surface area contributed by atoms with Crippen molar-refractivity contribution in [3.05, 3.63) is 94.0 Å². The minimum absolute atomic E-state index is 0.0525. The number of aromatic nitrogens is 1. The number of nitrogens with zero attached hydrogens (tertiary/aromatic N) is 2. The summed E-state index contributed by atoms with van der Waals surface area (Å²) in [6.45, 7) is 3.66. The molecule has 2 heterocycles. The van der Waals surface area contributed by atoms with Gasteiger partial charge in [0.25, 0.3) is 5.56 Å². The van der Waals surface area contributed by atoms with Gasteiger partial charge in [-0.2, -0.15) is 0 Å². The number of hydrogen-bond donors (Lipinski definition) is 1. The summed E-state index contributed by atoms with van der Waals surface area (Å²) in [6.07, 6.45) is 1.62. The molecule has 0 saturated heterocycles. The van der Waals surface area contributed by atoms with Crippen LogP contribution >= 0.6 is 38.9 Å². The number of thiazole rings is 1. The van der Waals surface area contributed by atoms with Gasteiger partial charge in [0.1, 0.15) is 5.75 Å². The Labute approximate surface area is 200 Å². The highest BCUT2D eigenvalue weighted by Crippen LogP contribution is 2.31. The van der Waals surface area contributed by atoms with Crippen LogP contribution in [0.2, 0.25) is 5.02 Å². The summed E-state index contributed by atoms with van der Waals surface area (Å²) < 4.78 is 7.92. The third-order valence-corrected chi connectivity index (χ3v) is 6.71. The van der Waals surface area contributed by atoms with E-state index in [2.05, 4.69) is 20.9 Å². The van der Waals surface area contributed by atoms with Crippen molar-refractivity contribution in [1.29, 1.82) is 0 Å². The third kappa shape index (κ3) is 4.18. The van der Waals surface area contributed by atoms with Crippen molar-refractivity contribution < 1.29 is 14.6 Å². The average molecular weight is 534 g/mol. The molecule has 0 amide bonds. The first-order valence-electron chi connectivity index (χ1n) is 9.73. The number of benzene rings is 2. The molecule has 1 aliphatic heterocycles. The molecule has 1 atom stereocenters. The molecule has 4 rings (SSSR count). The Bertz CT molecular complexity index is 1420. The molecular weight excluding hydrogens is 516 g/mol. The fourth-order valence-electron chi connectivity index (χ4n) is 3.53. The fourth-order valence-corrected chi connectivity index (χ4v) is 5.08. The van der Waals surface area contributed by atoms with Crippen molar-refractivity contribution in [1.82, 2.24) is 4.57 Å². The quantitative estimate of drug-likeness (QED) is 0.516. The molecule has 1 aromatic heterocycles. The summed E-state index contributed by atoms with van der Waals surface area (Å²) in [4.78, 5) is 31.3. The molecule has 0 fully saturated rings. The van der Waals surface area contributed by atoms with Gasteiger partial charge in [0.2, 0.25) is 0 Å². The second-order valence-electron chi connectivity index (χ2n) is 7.06. The summed E-state index contributed by atoms with van der Waals surface area (Å²) in [5, 5.41) is 10.7. The summed E-state index contributed by atoms with van der Waals surface area (Å²) in [7, 11) is 0. The van der Waals surface area contributed by atoms with Crippen molar-refractivity contribution in [3.8, 4) is 5.75 Å². The SMILES string of the molecule is CCOC(=O)C1=C(C)N=c2sc(=Cc3cc(Br)ccc3O)c(=O)n2C1c1ccc(Cl)cc1.